The summed E-state index contributed by atoms with van der Waals surface area (Å²) < 4.78 is 0. The Morgan fingerprint density at radius 2 is 2.29 bits per heavy atom. The lowest BCUT2D eigenvalue weighted by atomic mass is 9.88. The van der Waals surface area contributed by atoms with E-state index in [0.717, 1.165) is 18.8 Å². The number of pyridine rings is 1. The first-order valence-electron chi connectivity index (χ1n) is 5.76. The van der Waals surface area contributed by atoms with Crippen molar-refractivity contribution in [3.8, 4) is 5.75 Å². The van der Waals surface area contributed by atoms with Crippen molar-refractivity contribution >= 4 is 11.7 Å². The van der Waals surface area contributed by atoms with E-state index in [4.69, 9.17) is 0 Å². The van der Waals surface area contributed by atoms with Gasteiger partial charge in [-0.05, 0) is 38.1 Å². The Kier molecular flexibility index (Phi) is 3.28. The first kappa shape index (κ1) is 11.9. The molecule has 5 heteroatoms. The van der Waals surface area contributed by atoms with Crippen LogP contribution in [0.1, 0.15) is 12.6 Å². The number of aryl methyl sites for hydroxylation is 1. The molecule has 1 aliphatic rings. The van der Waals surface area contributed by atoms with Crippen molar-refractivity contribution in [3.63, 3.8) is 0 Å². The van der Waals surface area contributed by atoms with Crippen molar-refractivity contribution in [2.24, 2.45) is 11.8 Å². The van der Waals surface area contributed by atoms with Crippen molar-refractivity contribution in [1.82, 2.24) is 10.3 Å². The van der Waals surface area contributed by atoms with Gasteiger partial charge in [-0.15, -0.1) is 0 Å². The molecule has 0 aliphatic carbocycles. The quantitative estimate of drug-likeness (QED) is 0.727. The SMILES string of the molecule is Cc1ccc(O)c(NC(=O)C(C)C2CNC2)n1. The summed E-state index contributed by atoms with van der Waals surface area (Å²) in [7, 11) is 0. The van der Waals surface area contributed by atoms with Crippen LogP contribution in [-0.2, 0) is 4.79 Å². The second-order valence-electron chi connectivity index (χ2n) is 4.52. The average Bonchev–Trinajstić information content (AvgIpc) is 2.21. The van der Waals surface area contributed by atoms with Crippen LogP contribution in [0.25, 0.3) is 0 Å². The third-order valence-corrected chi connectivity index (χ3v) is 3.19. The second kappa shape index (κ2) is 4.71. The second-order valence-corrected chi connectivity index (χ2v) is 4.52. The summed E-state index contributed by atoms with van der Waals surface area (Å²) >= 11 is 0. The summed E-state index contributed by atoms with van der Waals surface area (Å²) in [4.78, 5) is 16.0. The van der Waals surface area contributed by atoms with E-state index < -0.39 is 0 Å². The molecule has 3 N–H and O–H groups in total. The Morgan fingerprint density at radius 1 is 1.59 bits per heavy atom. The van der Waals surface area contributed by atoms with Gasteiger partial charge >= 0.3 is 0 Å². The fourth-order valence-corrected chi connectivity index (χ4v) is 1.75. The van der Waals surface area contributed by atoms with Crippen LogP contribution in [-0.4, -0.2) is 29.1 Å². The molecule has 2 rings (SSSR count). The number of aromatic hydroxyl groups is 1. The van der Waals surface area contributed by atoms with E-state index in [1.54, 1.807) is 6.07 Å². The lowest BCUT2D eigenvalue weighted by molar-refractivity contribution is -0.121. The Bertz CT molecular complexity index is 430. The molecule has 92 valence electrons. The number of carbonyl (C=O) groups excluding carboxylic acids is 1. The fraction of sp³-hybridized carbons (Fsp3) is 0.500. The first-order chi connectivity index (χ1) is 8.08. The smallest absolute Gasteiger partial charge is 0.228 e. The maximum absolute atomic E-state index is 11.9. The van der Waals surface area contributed by atoms with E-state index in [0.29, 0.717) is 5.92 Å². The predicted octanol–water partition coefficient (Wildman–Crippen LogP) is 0.890. The highest BCUT2D eigenvalue weighted by Crippen LogP contribution is 2.23. The molecule has 1 unspecified atom stereocenters. The van der Waals surface area contributed by atoms with Gasteiger partial charge < -0.3 is 15.7 Å². The van der Waals surface area contributed by atoms with Crippen LogP contribution in [0.5, 0.6) is 5.75 Å². The van der Waals surface area contributed by atoms with Crippen LogP contribution in [0.2, 0.25) is 0 Å². The highest BCUT2D eigenvalue weighted by Gasteiger charge is 2.29. The molecule has 5 nitrogen and oxygen atoms in total. The number of rotatable bonds is 3. The van der Waals surface area contributed by atoms with Gasteiger partial charge in [0.15, 0.2) is 11.6 Å². The normalized spacial score (nSPS) is 17.3. The fourth-order valence-electron chi connectivity index (χ4n) is 1.75. The number of nitrogens with one attached hydrogen (secondary N) is 2. The number of anilines is 1. The van der Waals surface area contributed by atoms with Crippen LogP contribution in [0, 0.1) is 18.8 Å². The van der Waals surface area contributed by atoms with Gasteiger partial charge in [0.05, 0.1) is 0 Å². The summed E-state index contributed by atoms with van der Waals surface area (Å²) in [5.41, 5.74) is 0.760. The maximum Gasteiger partial charge on any atom is 0.228 e. The predicted molar refractivity (Wildman–Crippen MR) is 64.8 cm³/mol. The molecule has 2 heterocycles. The molecule has 0 spiro atoms. The summed E-state index contributed by atoms with van der Waals surface area (Å²) in [6.45, 7) is 5.46. The zero-order valence-electron chi connectivity index (χ0n) is 10.0. The van der Waals surface area contributed by atoms with E-state index in [-0.39, 0.29) is 23.4 Å². The summed E-state index contributed by atoms with van der Waals surface area (Å²) in [5, 5.41) is 15.4. The number of nitrogens with zero attached hydrogens (tertiary/aromatic N) is 1. The van der Waals surface area contributed by atoms with Gasteiger partial charge in [-0.3, -0.25) is 4.79 Å². The summed E-state index contributed by atoms with van der Waals surface area (Å²) in [5.74, 6) is 0.460. The van der Waals surface area contributed by atoms with E-state index in [9.17, 15) is 9.90 Å². The van der Waals surface area contributed by atoms with Crippen molar-refractivity contribution in [2.75, 3.05) is 18.4 Å². The number of amides is 1. The van der Waals surface area contributed by atoms with Crippen molar-refractivity contribution in [3.05, 3.63) is 17.8 Å². The number of hydrogen-bond acceptors (Lipinski definition) is 4. The Morgan fingerprint density at radius 3 is 2.88 bits per heavy atom. The Hall–Kier alpha value is -1.62. The van der Waals surface area contributed by atoms with Crippen molar-refractivity contribution in [2.45, 2.75) is 13.8 Å². The van der Waals surface area contributed by atoms with Gasteiger partial charge in [-0.25, -0.2) is 4.98 Å². The number of aromatic nitrogens is 1. The molecule has 1 aromatic rings. The van der Waals surface area contributed by atoms with Gasteiger partial charge in [0.1, 0.15) is 0 Å². The third-order valence-electron chi connectivity index (χ3n) is 3.19. The molecule has 1 amide bonds. The molecule has 1 aliphatic heterocycles. The van der Waals surface area contributed by atoms with Gasteiger partial charge in [0.2, 0.25) is 5.91 Å². The summed E-state index contributed by atoms with van der Waals surface area (Å²) in [6, 6.07) is 3.23. The summed E-state index contributed by atoms with van der Waals surface area (Å²) in [6.07, 6.45) is 0. The van der Waals surface area contributed by atoms with Crippen LogP contribution >= 0.6 is 0 Å². The topological polar surface area (TPSA) is 74.2 Å². The Balaban J connectivity index is 2.04. The van der Waals surface area contributed by atoms with Crippen LogP contribution in [0.3, 0.4) is 0 Å². The molecule has 0 aromatic carbocycles. The molecule has 1 fully saturated rings. The van der Waals surface area contributed by atoms with Crippen LogP contribution < -0.4 is 10.6 Å². The van der Waals surface area contributed by atoms with Crippen LogP contribution in [0.15, 0.2) is 12.1 Å². The zero-order chi connectivity index (χ0) is 12.4. The molecule has 17 heavy (non-hydrogen) atoms. The minimum atomic E-state index is -0.0927. The minimum Gasteiger partial charge on any atom is -0.504 e. The largest absolute Gasteiger partial charge is 0.504 e. The van der Waals surface area contributed by atoms with E-state index in [2.05, 4.69) is 15.6 Å². The average molecular weight is 235 g/mol. The lowest BCUT2D eigenvalue weighted by Crippen LogP contribution is -2.48. The molecule has 1 atom stereocenters. The molecular formula is C12H17N3O2. The first-order valence-corrected chi connectivity index (χ1v) is 5.76. The third kappa shape index (κ3) is 2.55. The van der Waals surface area contributed by atoms with Gasteiger partial charge in [-0.1, -0.05) is 6.92 Å². The van der Waals surface area contributed by atoms with Gasteiger partial charge in [-0.2, -0.15) is 0 Å². The molecule has 1 aromatic heterocycles. The van der Waals surface area contributed by atoms with Crippen molar-refractivity contribution in [1.29, 1.82) is 0 Å². The molecular weight excluding hydrogens is 218 g/mol. The number of carbonyl (C=O) groups is 1. The highest BCUT2D eigenvalue weighted by atomic mass is 16.3. The lowest BCUT2D eigenvalue weighted by Gasteiger charge is -2.31. The van der Waals surface area contributed by atoms with Crippen molar-refractivity contribution < 1.29 is 9.90 Å². The zero-order valence-corrected chi connectivity index (χ0v) is 10.0. The van der Waals surface area contributed by atoms with E-state index in [1.807, 2.05) is 13.8 Å². The minimum absolute atomic E-state index is 0.00267. The van der Waals surface area contributed by atoms with Gasteiger partial charge in [0.25, 0.3) is 0 Å². The molecule has 0 bridgehead atoms. The van der Waals surface area contributed by atoms with Gasteiger partial charge in [0, 0.05) is 11.6 Å². The monoisotopic (exact) mass is 235 g/mol. The Labute approximate surface area is 100 Å². The van der Waals surface area contributed by atoms with E-state index >= 15 is 0 Å². The molecule has 1 saturated heterocycles. The maximum atomic E-state index is 11.9. The highest BCUT2D eigenvalue weighted by molar-refractivity contribution is 5.92. The van der Waals surface area contributed by atoms with E-state index in [1.165, 1.54) is 6.07 Å². The molecule has 0 saturated carbocycles. The standard InChI is InChI=1S/C12H17N3O2/c1-7-3-4-10(16)11(14-7)15-12(17)8(2)9-5-13-6-9/h3-4,8-9,13,16H,5-6H2,1-2H3,(H,14,15,17). The number of hydrogen-bond donors (Lipinski definition) is 3. The van der Waals surface area contributed by atoms with Crippen LogP contribution in [0.4, 0.5) is 5.82 Å². The molecule has 0 radical (unpaired) electrons.